The zero-order valence-corrected chi connectivity index (χ0v) is 15.1. The summed E-state index contributed by atoms with van der Waals surface area (Å²) in [5, 5.41) is 30.4. The molecule has 1 fully saturated rings. The van der Waals surface area contributed by atoms with Gasteiger partial charge in [-0.2, -0.15) is 0 Å². The van der Waals surface area contributed by atoms with Gasteiger partial charge >= 0.3 is 0 Å². The molecule has 10 heteroatoms. The van der Waals surface area contributed by atoms with E-state index in [1.54, 1.807) is 24.3 Å². The van der Waals surface area contributed by atoms with Gasteiger partial charge in [0.25, 0.3) is 0 Å². The second kappa shape index (κ2) is 7.41. The van der Waals surface area contributed by atoms with Crippen LogP contribution >= 0.6 is 0 Å². The Labute approximate surface area is 160 Å². The van der Waals surface area contributed by atoms with Gasteiger partial charge in [0.15, 0.2) is 17.7 Å². The summed E-state index contributed by atoms with van der Waals surface area (Å²) in [7, 11) is 1.50. The molecule has 0 amide bonds. The number of benzene rings is 1. The van der Waals surface area contributed by atoms with E-state index in [0.29, 0.717) is 11.2 Å². The molecule has 1 aromatic carbocycles. The van der Waals surface area contributed by atoms with Gasteiger partial charge in [0.1, 0.15) is 36.3 Å². The number of nitrogens with zero attached hydrogens (tertiary/aromatic N) is 4. The number of ether oxygens (including phenoxy) is 2. The van der Waals surface area contributed by atoms with Crippen LogP contribution in [0, 0.1) is 0 Å². The number of hydrogen-bond donors (Lipinski definition) is 4. The van der Waals surface area contributed by atoms with Crippen molar-refractivity contribution in [3.8, 4) is 0 Å². The maximum absolute atomic E-state index is 10.6. The molecule has 0 bridgehead atoms. The molecular formula is C18H21N5O5. The minimum atomic E-state index is -1.23. The molecule has 3 heterocycles. The Hall–Kier alpha value is -2.63. The number of hydrogen-bond acceptors (Lipinski definition) is 9. The summed E-state index contributed by atoms with van der Waals surface area (Å²) in [4.78, 5) is 12.2. The van der Waals surface area contributed by atoms with Crippen LogP contribution in [0.1, 0.15) is 23.5 Å². The molecule has 28 heavy (non-hydrogen) atoms. The van der Waals surface area contributed by atoms with Crippen LogP contribution in [0.25, 0.3) is 11.2 Å². The zero-order valence-electron chi connectivity index (χ0n) is 15.1. The maximum atomic E-state index is 10.6. The van der Waals surface area contributed by atoms with Crippen molar-refractivity contribution in [2.24, 2.45) is 0 Å². The Morgan fingerprint density at radius 3 is 2.61 bits per heavy atom. The van der Waals surface area contributed by atoms with Gasteiger partial charge in [0, 0.05) is 7.11 Å². The van der Waals surface area contributed by atoms with Crippen molar-refractivity contribution in [3.05, 3.63) is 48.0 Å². The number of methoxy groups -OCH3 is 1. The van der Waals surface area contributed by atoms with Crippen molar-refractivity contribution in [1.29, 1.82) is 0 Å². The SMILES string of the molecule is COC(c1ccc(CO)cc1)[C@H]1O[C@@H](n2cnc3c(N)ncnc32)[C@H](O)[C@@H]1O. The number of fused-ring (bicyclic) bond motifs is 1. The number of aliphatic hydroxyl groups is 3. The van der Waals surface area contributed by atoms with E-state index in [1.807, 2.05) is 0 Å². The summed E-state index contributed by atoms with van der Waals surface area (Å²) >= 11 is 0. The first-order valence-corrected chi connectivity index (χ1v) is 8.72. The predicted octanol–water partition coefficient (Wildman–Crippen LogP) is -0.0923. The third-order valence-corrected chi connectivity index (χ3v) is 4.98. The fraction of sp³-hybridized carbons (Fsp3) is 0.389. The fourth-order valence-electron chi connectivity index (χ4n) is 3.49. The molecule has 5 atom stereocenters. The summed E-state index contributed by atoms with van der Waals surface area (Å²) in [6.07, 6.45) is -2.08. The van der Waals surface area contributed by atoms with Crippen LogP contribution in [0.3, 0.4) is 0 Å². The molecule has 3 aromatic rings. The molecule has 0 saturated carbocycles. The van der Waals surface area contributed by atoms with Crippen LogP contribution in [0.15, 0.2) is 36.9 Å². The molecule has 2 aromatic heterocycles. The lowest BCUT2D eigenvalue weighted by Gasteiger charge is -2.25. The number of aromatic nitrogens is 4. The minimum Gasteiger partial charge on any atom is -0.392 e. The van der Waals surface area contributed by atoms with Crippen molar-refractivity contribution < 1.29 is 24.8 Å². The maximum Gasteiger partial charge on any atom is 0.167 e. The minimum absolute atomic E-state index is 0.0695. The van der Waals surface area contributed by atoms with Gasteiger partial charge in [-0.1, -0.05) is 24.3 Å². The van der Waals surface area contributed by atoms with Crippen molar-refractivity contribution in [1.82, 2.24) is 19.5 Å². The van der Waals surface area contributed by atoms with Crippen molar-refractivity contribution >= 4 is 17.0 Å². The summed E-state index contributed by atoms with van der Waals surface area (Å²) in [6.45, 7) is -0.0695. The summed E-state index contributed by atoms with van der Waals surface area (Å²) in [5.74, 6) is 0.215. The molecule has 0 spiro atoms. The van der Waals surface area contributed by atoms with E-state index < -0.39 is 30.6 Å². The monoisotopic (exact) mass is 387 g/mol. The van der Waals surface area contributed by atoms with Crippen LogP contribution in [0.2, 0.25) is 0 Å². The van der Waals surface area contributed by atoms with Gasteiger partial charge in [-0.05, 0) is 11.1 Å². The Bertz CT molecular complexity index is 963. The van der Waals surface area contributed by atoms with Crippen LogP contribution in [-0.4, -0.2) is 60.3 Å². The Balaban J connectivity index is 1.65. The van der Waals surface area contributed by atoms with Gasteiger partial charge in [0.05, 0.1) is 12.9 Å². The average Bonchev–Trinajstić information content (AvgIpc) is 3.26. The summed E-state index contributed by atoms with van der Waals surface area (Å²) in [6, 6.07) is 7.10. The first-order chi connectivity index (χ1) is 13.5. The average molecular weight is 387 g/mol. The standard InChI is InChI=1S/C18H21N5O5/c1-27-14(10-4-2-9(6-24)3-5-10)15-12(25)13(26)18(28-15)23-8-22-11-16(19)20-7-21-17(11)23/h2-5,7-8,12-15,18,24-26H,6H2,1H3,(H2,19,20,21)/t12-,13+,14?,15-,18+/m0/s1. The zero-order chi connectivity index (χ0) is 19.8. The highest BCUT2D eigenvalue weighted by molar-refractivity contribution is 5.81. The van der Waals surface area contributed by atoms with Crippen LogP contribution in [0.4, 0.5) is 5.82 Å². The predicted molar refractivity (Wildman–Crippen MR) is 97.8 cm³/mol. The molecule has 1 unspecified atom stereocenters. The molecule has 1 aliphatic heterocycles. The highest BCUT2D eigenvalue weighted by atomic mass is 16.6. The van der Waals surface area contributed by atoms with Crippen LogP contribution in [-0.2, 0) is 16.1 Å². The van der Waals surface area contributed by atoms with Crippen molar-refractivity contribution in [3.63, 3.8) is 0 Å². The highest BCUT2D eigenvalue weighted by Crippen LogP contribution is 2.38. The quantitative estimate of drug-likeness (QED) is 0.471. The van der Waals surface area contributed by atoms with E-state index in [9.17, 15) is 15.3 Å². The lowest BCUT2D eigenvalue weighted by atomic mass is 9.98. The number of rotatable bonds is 5. The van der Waals surface area contributed by atoms with Gasteiger partial charge in [-0.3, -0.25) is 4.57 Å². The van der Waals surface area contributed by atoms with E-state index in [0.717, 1.165) is 11.1 Å². The molecule has 148 valence electrons. The molecule has 0 aliphatic carbocycles. The number of anilines is 1. The highest BCUT2D eigenvalue weighted by Gasteiger charge is 2.48. The van der Waals surface area contributed by atoms with Crippen LogP contribution in [0.5, 0.6) is 0 Å². The first kappa shape index (κ1) is 18.7. The number of nitrogens with two attached hydrogens (primary N) is 1. The molecule has 4 rings (SSSR count). The molecular weight excluding hydrogens is 366 g/mol. The lowest BCUT2D eigenvalue weighted by Crippen LogP contribution is -2.35. The lowest BCUT2D eigenvalue weighted by molar-refractivity contribution is -0.0975. The van der Waals surface area contributed by atoms with E-state index in [-0.39, 0.29) is 12.4 Å². The van der Waals surface area contributed by atoms with E-state index >= 15 is 0 Å². The number of nitrogen functional groups attached to an aromatic ring is 1. The third kappa shape index (κ3) is 3.01. The summed E-state index contributed by atoms with van der Waals surface area (Å²) < 4.78 is 13.1. The Morgan fingerprint density at radius 2 is 1.93 bits per heavy atom. The second-order valence-corrected chi connectivity index (χ2v) is 6.61. The van der Waals surface area contributed by atoms with Gasteiger partial charge < -0.3 is 30.5 Å². The van der Waals surface area contributed by atoms with Crippen molar-refractivity contribution in [2.45, 2.75) is 37.3 Å². The van der Waals surface area contributed by atoms with Gasteiger partial charge in [-0.15, -0.1) is 0 Å². The molecule has 10 nitrogen and oxygen atoms in total. The van der Waals surface area contributed by atoms with E-state index in [2.05, 4.69) is 15.0 Å². The number of imidazole rings is 1. The normalized spacial score (nSPS) is 26.0. The van der Waals surface area contributed by atoms with Gasteiger partial charge in [0.2, 0.25) is 0 Å². The largest absolute Gasteiger partial charge is 0.392 e. The Morgan fingerprint density at radius 1 is 1.18 bits per heavy atom. The molecule has 1 saturated heterocycles. The topological polar surface area (TPSA) is 149 Å². The smallest absolute Gasteiger partial charge is 0.167 e. The Kier molecular flexibility index (Phi) is 4.96. The summed E-state index contributed by atoms with van der Waals surface area (Å²) in [5.41, 5.74) is 8.10. The molecule has 0 radical (unpaired) electrons. The van der Waals surface area contributed by atoms with Crippen molar-refractivity contribution in [2.75, 3.05) is 12.8 Å². The molecule has 5 N–H and O–H groups in total. The second-order valence-electron chi connectivity index (χ2n) is 6.61. The van der Waals surface area contributed by atoms with Gasteiger partial charge in [-0.25, -0.2) is 15.0 Å². The first-order valence-electron chi connectivity index (χ1n) is 8.72. The molecule has 1 aliphatic rings. The van der Waals surface area contributed by atoms with E-state index in [4.69, 9.17) is 15.2 Å². The number of aliphatic hydroxyl groups excluding tert-OH is 3. The van der Waals surface area contributed by atoms with E-state index in [1.165, 1.54) is 24.3 Å². The third-order valence-electron chi connectivity index (χ3n) is 4.98. The fourth-order valence-corrected chi connectivity index (χ4v) is 3.49. The van der Waals surface area contributed by atoms with Crippen LogP contribution < -0.4 is 5.73 Å².